The van der Waals surface area contributed by atoms with E-state index in [4.69, 9.17) is 15.6 Å². The molecular weight excluding hydrogens is 410 g/mol. The number of thiophene rings is 1. The third-order valence-electron chi connectivity index (χ3n) is 4.74. The van der Waals surface area contributed by atoms with Gasteiger partial charge in [-0.1, -0.05) is 18.2 Å². The summed E-state index contributed by atoms with van der Waals surface area (Å²) in [6.45, 7) is 3.67. The number of ether oxygens (including phenoxy) is 1. The molecule has 0 unspecified atom stereocenters. The monoisotopic (exact) mass is 429 g/mol. The van der Waals surface area contributed by atoms with Crippen LogP contribution in [0.25, 0.3) is 20.9 Å². The van der Waals surface area contributed by atoms with E-state index in [1.165, 1.54) is 17.4 Å². The summed E-state index contributed by atoms with van der Waals surface area (Å²) in [7, 11) is -3.98. The van der Waals surface area contributed by atoms with Gasteiger partial charge in [-0.3, -0.25) is 5.32 Å². The highest BCUT2D eigenvalue weighted by atomic mass is 32.2. The van der Waals surface area contributed by atoms with Gasteiger partial charge in [0, 0.05) is 20.9 Å². The molecule has 9 heteroatoms. The minimum absolute atomic E-state index is 0.0731. The highest BCUT2D eigenvalue weighted by molar-refractivity contribution is 7.89. The Hall–Kier alpha value is -2.88. The lowest BCUT2D eigenvalue weighted by atomic mass is 9.93. The molecule has 0 saturated carbocycles. The Bertz CT molecular complexity index is 1250. The van der Waals surface area contributed by atoms with E-state index < -0.39 is 21.7 Å². The van der Waals surface area contributed by atoms with E-state index in [-0.39, 0.29) is 10.6 Å². The van der Waals surface area contributed by atoms with Gasteiger partial charge in [-0.2, -0.15) is 0 Å². The fourth-order valence-electron chi connectivity index (χ4n) is 3.43. The summed E-state index contributed by atoms with van der Waals surface area (Å²) in [5.41, 5.74) is 8.19. The molecule has 0 fully saturated rings. The first-order chi connectivity index (χ1) is 13.6. The fourth-order valence-corrected chi connectivity index (χ4v) is 5.41. The maximum absolute atomic E-state index is 12.0. The number of nitrogens with one attached hydrogen (secondary N) is 1. The van der Waals surface area contributed by atoms with Crippen LogP contribution in [0, 0.1) is 0 Å². The second kappa shape index (κ2) is 6.58. The van der Waals surface area contributed by atoms with Gasteiger partial charge in [0.25, 0.3) is 0 Å². The lowest BCUT2D eigenvalue weighted by Gasteiger charge is -2.32. The van der Waals surface area contributed by atoms with Crippen molar-refractivity contribution >= 4 is 38.8 Å². The number of carbonyl (C=O) groups is 1. The molecule has 2 aromatic carbocycles. The van der Waals surface area contributed by atoms with Crippen molar-refractivity contribution in [3.8, 4) is 20.9 Å². The maximum Gasteiger partial charge on any atom is 0.412 e. The Morgan fingerprint density at radius 1 is 1.07 bits per heavy atom. The van der Waals surface area contributed by atoms with Crippen LogP contribution in [0.4, 0.5) is 16.2 Å². The number of rotatable bonds is 3. The van der Waals surface area contributed by atoms with E-state index in [1.807, 2.05) is 44.2 Å². The van der Waals surface area contributed by atoms with Crippen molar-refractivity contribution in [2.45, 2.75) is 24.3 Å². The molecule has 0 spiro atoms. The smallest absolute Gasteiger partial charge is 0.412 e. The molecule has 1 aromatic heterocycles. The van der Waals surface area contributed by atoms with Gasteiger partial charge in [0.15, 0.2) is 0 Å². The normalized spacial score (nSPS) is 15.3. The lowest BCUT2D eigenvalue weighted by Crippen LogP contribution is -2.34. The zero-order valence-corrected chi connectivity index (χ0v) is 17.4. The molecule has 0 bridgehead atoms. The summed E-state index contributed by atoms with van der Waals surface area (Å²) in [4.78, 5) is 13.3. The van der Waals surface area contributed by atoms with E-state index in [2.05, 4.69) is 5.32 Å². The number of benzene rings is 2. The first-order valence-electron chi connectivity index (χ1n) is 8.73. The van der Waals surface area contributed by atoms with Gasteiger partial charge >= 0.3 is 6.09 Å². The van der Waals surface area contributed by atoms with E-state index >= 15 is 0 Å². The molecule has 1 aliphatic heterocycles. The predicted molar refractivity (Wildman–Crippen MR) is 114 cm³/mol. The molecule has 150 valence electrons. The second-order valence-corrected chi connectivity index (χ2v) is 9.80. The first kappa shape index (κ1) is 19.4. The number of nitrogens with two attached hydrogens (primary N) is 2. The summed E-state index contributed by atoms with van der Waals surface area (Å²) in [6.07, 6.45) is -0.481. The number of amides is 1. The Kier molecular flexibility index (Phi) is 4.41. The lowest BCUT2D eigenvalue weighted by molar-refractivity contribution is 0.0421. The number of sulfonamides is 1. The number of cyclic esters (lactones) is 1. The van der Waals surface area contributed by atoms with Gasteiger partial charge in [0.1, 0.15) is 10.5 Å². The van der Waals surface area contributed by atoms with Gasteiger partial charge < -0.3 is 10.5 Å². The van der Waals surface area contributed by atoms with E-state index in [0.29, 0.717) is 11.3 Å². The number of primary sulfonamides is 1. The van der Waals surface area contributed by atoms with Crippen molar-refractivity contribution in [2.75, 3.05) is 11.1 Å². The average molecular weight is 430 g/mol. The van der Waals surface area contributed by atoms with Crippen molar-refractivity contribution < 1.29 is 17.9 Å². The van der Waals surface area contributed by atoms with Crippen molar-refractivity contribution in [2.24, 2.45) is 5.14 Å². The van der Waals surface area contributed by atoms with Crippen LogP contribution < -0.4 is 16.2 Å². The predicted octanol–water partition coefficient (Wildman–Crippen LogP) is 4.11. The minimum atomic E-state index is -3.98. The number of carbonyl (C=O) groups excluding carboxylic acids is 1. The molecule has 0 saturated heterocycles. The Balaban J connectivity index is 1.80. The number of hydrogen-bond donors (Lipinski definition) is 3. The summed E-state index contributed by atoms with van der Waals surface area (Å²) < 4.78 is 29.5. The van der Waals surface area contributed by atoms with Crippen LogP contribution >= 0.6 is 11.3 Å². The molecule has 1 amide bonds. The topological polar surface area (TPSA) is 125 Å². The molecule has 1 aliphatic rings. The zero-order chi connectivity index (χ0) is 21.0. The van der Waals surface area contributed by atoms with Gasteiger partial charge in [0.2, 0.25) is 10.0 Å². The molecule has 0 aliphatic carbocycles. The van der Waals surface area contributed by atoms with Crippen molar-refractivity contribution in [1.29, 1.82) is 0 Å². The molecule has 4 rings (SSSR count). The summed E-state index contributed by atoms with van der Waals surface area (Å²) in [6, 6.07) is 14.3. The molecular formula is C20H19N3O4S2. The number of hydrogen-bond acceptors (Lipinski definition) is 6. The largest absolute Gasteiger partial charge is 0.438 e. The first-order valence-corrected chi connectivity index (χ1v) is 11.1. The summed E-state index contributed by atoms with van der Waals surface area (Å²) >= 11 is 1.43. The van der Waals surface area contributed by atoms with E-state index in [9.17, 15) is 13.2 Å². The molecule has 5 N–H and O–H groups in total. The molecule has 2 heterocycles. The van der Waals surface area contributed by atoms with Crippen LogP contribution in [0.5, 0.6) is 0 Å². The maximum atomic E-state index is 12.0. The van der Waals surface area contributed by atoms with Gasteiger partial charge in [-0.05, 0) is 49.7 Å². The highest BCUT2D eigenvalue weighted by Gasteiger charge is 2.33. The van der Waals surface area contributed by atoms with Gasteiger partial charge in [-0.25, -0.2) is 18.4 Å². The highest BCUT2D eigenvalue weighted by Crippen LogP contribution is 2.42. The van der Waals surface area contributed by atoms with Crippen LogP contribution in [0.1, 0.15) is 19.4 Å². The zero-order valence-electron chi connectivity index (χ0n) is 15.7. The third kappa shape index (κ3) is 3.48. The van der Waals surface area contributed by atoms with Crippen LogP contribution in [0.2, 0.25) is 0 Å². The molecule has 3 aromatic rings. The molecule has 29 heavy (non-hydrogen) atoms. The van der Waals surface area contributed by atoms with E-state index in [1.54, 1.807) is 12.1 Å². The third-order valence-corrected chi connectivity index (χ3v) is 6.93. The van der Waals surface area contributed by atoms with E-state index in [0.717, 1.165) is 20.9 Å². The molecule has 0 radical (unpaired) electrons. The number of fused-ring (bicyclic) bond motifs is 1. The fraction of sp³-hybridized carbons (Fsp3) is 0.150. The Labute approximate surface area is 172 Å². The molecule has 0 atom stereocenters. The van der Waals surface area contributed by atoms with Crippen molar-refractivity contribution in [1.82, 2.24) is 0 Å². The van der Waals surface area contributed by atoms with Gasteiger partial charge in [-0.15, -0.1) is 11.3 Å². The summed E-state index contributed by atoms with van der Waals surface area (Å²) in [5, 5.41) is 8.08. The average Bonchev–Trinajstić information content (AvgIpc) is 3.09. The Morgan fingerprint density at radius 3 is 2.52 bits per heavy atom. The van der Waals surface area contributed by atoms with Crippen LogP contribution in [-0.4, -0.2) is 14.5 Å². The number of nitrogen functional groups attached to an aromatic ring is 1. The SMILES string of the molecule is CC1(C)OC(=O)Nc2ccc(-c3ccc(-c4cccc(N)c4S(N)(=O)=O)s3)cc21. The van der Waals surface area contributed by atoms with Gasteiger partial charge in [0.05, 0.1) is 11.4 Å². The second-order valence-electron chi connectivity index (χ2n) is 7.22. The van der Waals surface area contributed by atoms with Crippen molar-refractivity contribution in [3.05, 3.63) is 54.1 Å². The van der Waals surface area contributed by atoms with Crippen molar-refractivity contribution in [3.63, 3.8) is 0 Å². The van der Waals surface area contributed by atoms with Crippen LogP contribution in [0.15, 0.2) is 53.4 Å². The number of anilines is 2. The summed E-state index contributed by atoms with van der Waals surface area (Å²) in [5.74, 6) is 0. The molecule has 7 nitrogen and oxygen atoms in total. The van der Waals surface area contributed by atoms with Crippen LogP contribution in [-0.2, 0) is 20.4 Å². The Morgan fingerprint density at radius 2 is 1.79 bits per heavy atom. The standard InChI is InChI=1S/C20H19N3O4S2/c1-20(2)13-10-11(6-7-15(13)23-19(24)27-20)16-8-9-17(28-16)12-4-3-5-14(21)18(12)29(22,25)26/h3-10H,21H2,1-2H3,(H,23,24)(H2,22,25,26). The minimum Gasteiger partial charge on any atom is -0.438 e. The van der Waals surface area contributed by atoms with Crippen LogP contribution in [0.3, 0.4) is 0 Å². The quantitative estimate of drug-likeness (QED) is 0.541.